The number of ether oxygens (including phenoxy) is 2. The molecule has 1 aliphatic rings. The van der Waals surface area contributed by atoms with Crippen molar-refractivity contribution in [3.63, 3.8) is 0 Å². The first kappa shape index (κ1) is 12.7. The lowest BCUT2D eigenvalue weighted by Gasteiger charge is -1.98. The van der Waals surface area contributed by atoms with E-state index >= 15 is 0 Å². The standard InChI is InChI=1S/C12H10N2O5/c1-2-18-7-10-12(15)19-11(13-10)8-3-5-9(6-4-8)14(16)17/h3-7H,2H2,1H3/b10-7-. The Bertz CT molecular complexity index is 574. The van der Waals surface area contributed by atoms with Gasteiger partial charge in [-0.1, -0.05) is 0 Å². The van der Waals surface area contributed by atoms with Crippen LogP contribution in [0.4, 0.5) is 5.69 Å². The zero-order chi connectivity index (χ0) is 13.8. The van der Waals surface area contributed by atoms with E-state index in [1.165, 1.54) is 30.5 Å². The first-order valence-electron chi connectivity index (χ1n) is 5.49. The molecule has 0 aromatic heterocycles. The molecule has 0 fully saturated rings. The van der Waals surface area contributed by atoms with Gasteiger partial charge in [0.25, 0.3) is 5.69 Å². The molecule has 0 aliphatic carbocycles. The van der Waals surface area contributed by atoms with Crippen LogP contribution in [-0.2, 0) is 14.3 Å². The number of rotatable bonds is 4. The third-order valence-electron chi connectivity index (χ3n) is 2.31. The highest BCUT2D eigenvalue weighted by Crippen LogP contribution is 2.18. The zero-order valence-electron chi connectivity index (χ0n) is 10.0. The zero-order valence-corrected chi connectivity index (χ0v) is 10.0. The molecule has 1 aliphatic heterocycles. The molecule has 1 aromatic rings. The minimum Gasteiger partial charge on any atom is -0.499 e. The Balaban J connectivity index is 2.23. The van der Waals surface area contributed by atoms with E-state index in [1.807, 2.05) is 0 Å². The number of carbonyl (C=O) groups is 1. The predicted octanol–water partition coefficient (Wildman–Crippen LogP) is 1.78. The normalized spacial score (nSPS) is 16.2. The molecule has 7 heteroatoms. The summed E-state index contributed by atoms with van der Waals surface area (Å²) < 4.78 is 9.91. The number of nitro groups is 1. The van der Waals surface area contributed by atoms with Crippen molar-refractivity contribution >= 4 is 17.6 Å². The molecule has 0 saturated heterocycles. The van der Waals surface area contributed by atoms with E-state index in [9.17, 15) is 14.9 Å². The van der Waals surface area contributed by atoms with Gasteiger partial charge < -0.3 is 9.47 Å². The summed E-state index contributed by atoms with van der Waals surface area (Å²) in [5.74, 6) is -0.507. The number of hydrogen-bond acceptors (Lipinski definition) is 6. The van der Waals surface area contributed by atoms with Gasteiger partial charge in [-0.2, -0.15) is 0 Å². The first-order valence-corrected chi connectivity index (χ1v) is 5.49. The molecule has 7 nitrogen and oxygen atoms in total. The molecule has 19 heavy (non-hydrogen) atoms. The monoisotopic (exact) mass is 262 g/mol. The number of nitrogens with zero attached hydrogens (tertiary/aromatic N) is 2. The van der Waals surface area contributed by atoms with Gasteiger partial charge in [0.15, 0.2) is 5.70 Å². The van der Waals surface area contributed by atoms with E-state index in [2.05, 4.69) is 4.99 Å². The summed E-state index contributed by atoms with van der Waals surface area (Å²) in [5, 5.41) is 10.5. The summed E-state index contributed by atoms with van der Waals surface area (Å²) in [6.45, 7) is 2.19. The van der Waals surface area contributed by atoms with Crippen LogP contribution in [0, 0.1) is 10.1 Å². The highest BCUT2D eigenvalue weighted by Gasteiger charge is 2.24. The molecule has 0 bridgehead atoms. The molecule has 1 heterocycles. The van der Waals surface area contributed by atoms with Crippen LogP contribution in [0.3, 0.4) is 0 Å². The fourth-order valence-corrected chi connectivity index (χ4v) is 1.40. The van der Waals surface area contributed by atoms with Crippen LogP contribution < -0.4 is 0 Å². The maximum absolute atomic E-state index is 11.4. The Morgan fingerprint density at radius 2 is 2.11 bits per heavy atom. The van der Waals surface area contributed by atoms with Crippen molar-refractivity contribution in [1.82, 2.24) is 0 Å². The first-order chi connectivity index (χ1) is 9.11. The van der Waals surface area contributed by atoms with Crippen molar-refractivity contribution in [2.24, 2.45) is 4.99 Å². The number of aliphatic imine (C=N–C) groups is 1. The van der Waals surface area contributed by atoms with Gasteiger partial charge in [0.1, 0.15) is 6.26 Å². The lowest BCUT2D eigenvalue weighted by Crippen LogP contribution is -2.05. The van der Waals surface area contributed by atoms with Crippen LogP contribution in [0.25, 0.3) is 0 Å². The number of nitro benzene ring substituents is 1. The maximum Gasteiger partial charge on any atom is 0.367 e. The minimum absolute atomic E-state index is 0.0428. The van der Waals surface area contributed by atoms with Gasteiger partial charge in [0.05, 0.1) is 11.5 Å². The number of carbonyl (C=O) groups excluding carboxylic acids is 1. The Kier molecular flexibility index (Phi) is 3.56. The highest BCUT2D eigenvalue weighted by molar-refractivity contribution is 6.11. The van der Waals surface area contributed by atoms with Crippen molar-refractivity contribution in [3.8, 4) is 0 Å². The fourth-order valence-electron chi connectivity index (χ4n) is 1.40. The Labute approximate surface area is 108 Å². The van der Waals surface area contributed by atoms with Crippen LogP contribution in [0.5, 0.6) is 0 Å². The molecule has 0 N–H and O–H groups in total. The second-order valence-corrected chi connectivity index (χ2v) is 3.57. The van der Waals surface area contributed by atoms with Crippen molar-refractivity contribution in [1.29, 1.82) is 0 Å². The average molecular weight is 262 g/mol. The second-order valence-electron chi connectivity index (χ2n) is 3.57. The Morgan fingerprint density at radius 3 is 2.68 bits per heavy atom. The van der Waals surface area contributed by atoms with Crippen molar-refractivity contribution < 1.29 is 19.2 Å². The molecular formula is C12H10N2O5. The summed E-state index contributed by atoms with van der Waals surface area (Å²) in [7, 11) is 0. The molecular weight excluding hydrogens is 252 g/mol. The molecule has 1 aromatic carbocycles. The quantitative estimate of drug-likeness (QED) is 0.271. The van der Waals surface area contributed by atoms with Crippen molar-refractivity contribution in [2.45, 2.75) is 6.92 Å². The third-order valence-corrected chi connectivity index (χ3v) is 2.31. The summed E-state index contributed by atoms with van der Waals surface area (Å²) in [4.78, 5) is 25.4. The molecule has 2 rings (SSSR count). The summed E-state index contributed by atoms with van der Waals surface area (Å²) in [5.41, 5.74) is 0.507. The van der Waals surface area contributed by atoms with Crippen LogP contribution in [-0.4, -0.2) is 23.4 Å². The van der Waals surface area contributed by atoms with Crippen molar-refractivity contribution in [2.75, 3.05) is 6.61 Å². The predicted molar refractivity (Wildman–Crippen MR) is 65.4 cm³/mol. The van der Waals surface area contributed by atoms with E-state index in [1.54, 1.807) is 6.92 Å². The lowest BCUT2D eigenvalue weighted by atomic mass is 10.2. The molecule has 0 radical (unpaired) electrons. The fraction of sp³-hybridized carbons (Fsp3) is 0.167. The van der Waals surface area contributed by atoms with Crippen LogP contribution in [0.15, 0.2) is 41.2 Å². The SMILES string of the molecule is CCO/C=C1\N=C(c2ccc([N+](=O)[O-])cc2)OC1=O. The van der Waals surface area contributed by atoms with Gasteiger partial charge in [-0.05, 0) is 19.1 Å². The van der Waals surface area contributed by atoms with Gasteiger partial charge in [-0.15, -0.1) is 0 Å². The summed E-state index contributed by atoms with van der Waals surface area (Å²) in [6.07, 6.45) is 1.22. The third kappa shape index (κ3) is 2.76. The number of esters is 1. The van der Waals surface area contributed by atoms with Gasteiger partial charge >= 0.3 is 5.97 Å². The van der Waals surface area contributed by atoms with Gasteiger partial charge in [-0.3, -0.25) is 10.1 Å². The van der Waals surface area contributed by atoms with E-state index in [0.29, 0.717) is 12.2 Å². The topological polar surface area (TPSA) is 91.0 Å². The maximum atomic E-state index is 11.4. The molecule has 0 unspecified atom stereocenters. The molecule has 0 saturated carbocycles. The number of non-ortho nitro benzene ring substituents is 1. The van der Waals surface area contributed by atoms with E-state index in [0.717, 1.165) is 0 Å². The largest absolute Gasteiger partial charge is 0.499 e. The van der Waals surface area contributed by atoms with E-state index < -0.39 is 10.9 Å². The highest BCUT2D eigenvalue weighted by atomic mass is 16.6. The van der Waals surface area contributed by atoms with E-state index in [-0.39, 0.29) is 17.3 Å². The minimum atomic E-state index is -0.609. The van der Waals surface area contributed by atoms with Crippen LogP contribution in [0.2, 0.25) is 0 Å². The van der Waals surface area contributed by atoms with Crippen LogP contribution >= 0.6 is 0 Å². The Morgan fingerprint density at radius 1 is 1.42 bits per heavy atom. The smallest absolute Gasteiger partial charge is 0.367 e. The molecule has 0 amide bonds. The second kappa shape index (κ2) is 5.30. The average Bonchev–Trinajstić information content (AvgIpc) is 2.78. The van der Waals surface area contributed by atoms with E-state index in [4.69, 9.17) is 9.47 Å². The molecule has 0 atom stereocenters. The lowest BCUT2D eigenvalue weighted by molar-refractivity contribution is -0.384. The summed E-state index contributed by atoms with van der Waals surface area (Å²) >= 11 is 0. The van der Waals surface area contributed by atoms with Crippen molar-refractivity contribution in [3.05, 3.63) is 51.9 Å². The molecule has 98 valence electrons. The van der Waals surface area contributed by atoms with Crippen LogP contribution in [0.1, 0.15) is 12.5 Å². The Hall–Kier alpha value is -2.70. The number of hydrogen-bond donors (Lipinski definition) is 0. The molecule has 0 spiro atoms. The summed E-state index contributed by atoms with van der Waals surface area (Å²) in [6, 6.07) is 5.56. The van der Waals surface area contributed by atoms with Gasteiger partial charge in [0, 0.05) is 17.7 Å². The number of cyclic esters (lactones) is 1. The van der Waals surface area contributed by atoms with Gasteiger partial charge in [0.2, 0.25) is 5.90 Å². The number of benzene rings is 1. The van der Waals surface area contributed by atoms with Gasteiger partial charge in [-0.25, -0.2) is 9.79 Å².